The highest BCUT2D eigenvalue weighted by molar-refractivity contribution is 7.68. The smallest absolute Gasteiger partial charge is 0.134 e. The van der Waals surface area contributed by atoms with Crippen molar-refractivity contribution in [3.8, 4) is 45.3 Å². The predicted molar refractivity (Wildman–Crippen MR) is 185 cm³/mol. The Kier molecular flexibility index (Phi) is 10.3. The Labute approximate surface area is 270 Å². The molecule has 0 N–H and O–H groups in total. The number of ether oxygens (including phenoxy) is 4. The summed E-state index contributed by atoms with van der Waals surface area (Å²) in [4.78, 5) is 13.8. The fourth-order valence-electron chi connectivity index (χ4n) is 8.61. The van der Waals surface area contributed by atoms with Crippen LogP contribution >= 0.6 is 7.92 Å². The summed E-state index contributed by atoms with van der Waals surface area (Å²) in [5.74, 6) is 4.80. The molecule has 3 aromatic carbocycles. The molecule has 6 rings (SSSR count). The van der Waals surface area contributed by atoms with Crippen LogP contribution in [0.25, 0.3) is 22.3 Å². The van der Waals surface area contributed by atoms with Crippen molar-refractivity contribution in [2.24, 2.45) is 11.8 Å². The first-order valence-electron chi connectivity index (χ1n) is 16.9. The molecule has 0 radical (unpaired) electrons. The van der Waals surface area contributed by atoms with E-state index in [9.17, 15) is 4.79 Å². The van der Waals surface area contributed by atoms with Crippen molar-refractivity contribution in [1.82, 2.24) is 0 Å². The lowest BCUT2D eigenvalue weighted by Gasteiger charge is -2.48. The topological polar surface area (TPSA) is 54.0 Å². The zero-order valence-electron chi connectivity index (χ0n) is 27.5. The largest absolute Gasteiger partial charge is 0.496 e. The second-order valence-corrected chi connectivity index (χ2v) is 15.7. The standard InChI is InChI=1S/C39H49O5P/c1-41-31-20-12-21-32(42-2)37(31)29-18-11-19-30(38-33(43-3)22-13-23-34(38)44-4)39(29)45-35(26-14-7-5-8-15-26)24-28(40)25-36(45)27-16-9-6-10-17-27/h11-13,18-23,26-27,35-36H,5-10,14-17,24-25H2,1-4H3. The van der Waals surface area contributed by atoms with E-state index in [2.05, 4.69) is 18.2 Å². The third kappa shape index (κ3) is 6.35. The van der Waals surface area contributed by atoms with E-state index in [1.807, 2.05) is 36.4 Å². The minimum Gasteiger partial charge on any atom is -0.496 e. The van der Waals surface area contributed by atoms with Crippen LogP contribution in [-0.2, 0) is 4.79 Å². The molecule has 6 heteroatoms. The first-order valence-corrected chi connectivity index (χ1v) is 18.4. The third-order valence-electron chi connectivity index (χ3n) is 10.7. The van der Waals surface area contributed by atoms with Crippen molar-refractivity contribution in [2.45, 2.75) is 88.4 Å². The number of benzene rings is 3. The average molecular weight is 629 g/mol. The first kappa shape index (κ1) is 31.9. The third-order valence-corrected chi connectivity index (χ3v) is 14.3. The van der Waals surface area contributed by atoms with Gasteiger partial charge in [-0.25, -0.2) is 0 Å². The number of rotatable bonds is 9. The van der Waals surface area contributed by atoms with Crippen LogP contribution < -0.4 is 24.3 Å². The van der Waals surface area contributed by atoms with Crippen LogP contribution in [-0.4, -0.2) is 45.5 Å². The Hall–Kier alpha value is -3.04. The van der Waals surface area contributed by atoms with E-state index in [4.69, 9.17) is 18.9 Å². The summed E-state index contributed by atoms with van der Waals surface area (Å²) in [5, 5.41) is 1.36. The van der Waals surface area contributed by atoms with E-state index in [1.54, 1.807) is 28.4 Å². The molecule has 1 saturated heterocycles. The Balaban J connectivity index is 1.69. The minimum atomic E-state index is -0.767. The summed E-state index contributed by atoms with van der Waals surface area (Å²) in [6.07, 6.45) is 14.0. The van der Waals surface area contributed by atoms with Gasteiger partial charge in [-0.15, -0.1) is 0 Å². The number of carbonyl (C=O) groups excluding carboxylic acids is 1. The van der Waals surface area contributed by atoms with Crippen molar-refractivity contribution in [3.63, 3.8) is 0 Å². The Morgan fingerprint density at radius 1 is 0.533 bits per heavy atom. The maximum absolute atomic E-state index is 13.8. The summed E-state index contributed by atoms with van der Waals surface area (Å²) in [6, 6.07) is 18.8. The van der Waals surface area contributed by atoms with Crippen LogP contribution in [0.4, 0.5) is 0 Å². The van der Waals surface area contributed by atoms with Crippen molar-refractivity contribution in [2.75, 3.05) is 28.4 Å². The first-order chi connectivity index (χ1) is 22.1. The Morgan fingerprint density at radius 2 is 0.889 bits per heavy atom. The van der Waals surface area contributed by atoms with E-state index >= 15 is 0 Å². The van der Waals surface area contributed by atoms with Crippen molar-refractivity contribution in [3.05, 3.63) is 54.6 Å². The van der Waals surface area contributed by atoms with Crippen molar-refractivity contribution < 1.29 is 23.7 Å². The summed E-state index contributed by atoms with van der Waals surface area (Å²) in [6.45, 7) is 0. The Morgan fingerprint density at radius 3 is 1.24 bits per heavy atom. The van der Waals surface area contributed by atoms with Crippen LogP contribution in [0.1, 0.15) is 77.0 Å². The normalized spacial score (nSPS) is 23.0. The van der Waals surface area contributed by atoms with Gasteiger partial charge in [0.25, 0.3) is 0 Å². The average Bonchev–Trinajstić information content (AvgIpc) is 3.11. The van der Waals surface area contributed by atoms with Gasteiger partial charge in [-0.1, -0.05) is 76.8 Å². The molecular formula is C39H49O5P. The van der Waals surface area contributed by atoms with E-state index < -0.39 is 7.92 Å². The molecule has 0 bridgehead atoms. The highest BCUT2D eigenvalue weighted by atomic mass is 31.1. The number of Topliss-reactive ketones (excluding diaryl/α,β-unsaturated/α-hetero) is 1. The van der Waals surface area contributed by atoms with Gasteiger partial charge in [0.15, 0.2) is 0 Å². The predicted octanol–water partition coefficient (Wildman–Crippen LogP) is 9.42. The molecule has 2 atom stereocenters. The number of ketones is 1. The fraction of sp³-hybridized carbons (Fsp3) is 0.513. The molecule has 1 heterocycles. The van der Waals surface area contributed by atoms with Crippen LogP contribution in [0.2, 0.25) is 0 Å². The van der Waals surface area contributed by atoms with Gasteiger partial charge in [-0.3, -0.25) is 4.79 Å². The lowest BCUT2D eigenvalue weighted by Crippen LogP contribution is -2.41. The molecule has 240 valence electrons. The SMILES string of the molecule is COc1cccc(OC)c1-c1cccc(-c2c(OC)cccc2OC)c1P1C(C2CCCCC2)CC(=O)CC1C1CCCCC1. The van der Waals surface area contributed by atoms with Gasteiger partial charge < -0.3 is 18.9 Å². The second-order valence-electron chi connectivity index (χ2n) is 13.1. The number of methoxy groups -OCH3 is 4. The van der Waals surface area contributed by atoms with Gasteiger partial charge in [-0.2, -0.15) is 0 Å². The molecule has 1 aliphatic heterocycles. The molecule has 2 unspecified atom stereocenters. The molecule has 0 amide bonds. The Bertz CT molecular complexity index is 1320. The van der Waals surface area contributed by atoms with Gasteiger partial charge in [0.05, 0.1) is 39.6 Å². The molecule has 0 spiro atoms. The molecule has 2 saturated carbocycles. The summed E-state index contributed by atoms with van der Waals surface area (Å²) in [7, 11) is 6.20. The fourth-order valence-corrected chi connectivity index (χ4v) is 13.0. The summed E-state index contributed by atoms with van der Waals surface area (Å²) >= 11 is 0. The van der Waals surface area contributed by atoms with E-state index in [0.717, 1.165) is 45.3 Å². The highest BCUT2D eigenvalue weighted by Gasteiger charge is 2.46. The number of hydrogen-bond donors (Lipinski definition) is 0. The molecule has 3 aromatic rings. The molecule has 3 fully saturated rings. The van der Waals surface area contributed by atoms with Crippen LogP contribution in [0, 0.1) is 11.8 Å². The maximum atomic E-state index is 13.8. The zero-order valence-corrected chi connectivity index (χ0v) is 28.4. The van der Waals surface area contributed by atoms with E-state index in [0.29, 0.717) is 41.8 Å². The van der Waals surface area contributed by atoms with Crippen molar-refractivity contribution >= 4 is 19.0 Å². The number of hydrogen-bond acceptors (Lipinski definition) is 5. The molecule has 5 nitrogen and oxygen atoms in total. The van der Waals surface area contributed by atoms with Crippen LogP contribution in [0.3, 0.4) is 0 Å². The summed E-state index contributed by atoms with van der Waals surface area (Å²) < 4.78 is 24.2. The van der Waals surface area contributed by atoms with E-state index in [-0.39, 0.29) is 0 Å². The zero-order chi connectivity index (χ0) is 31.3. The molecule has 2 aliphatic carbocycles. The van der Waals surface area contributed by atoms with Gasteiger partial charge in [0.1, 0.15) is 28.8 Å². The van der Waals surface area contributed by atoms with E-state index in [1.165, 1.54) is 69.5 Å². The summed E-state index contributed by atoms with van der Waals surface area (Å²) in [5.41, 5.74) is 4.98. The van der Waals surface area contributed by atoms with Gasteiger partial charge in [0.2, 0.25) is 0 Å². The highest BCUT2D eigenvalue weighted by Crippen LogP contribution is 2.63. The van der Waals surface area contributed by atoms with Crippen LogP contribution in [0.5, 0.6) is 23.0 Å². The minimum absolute atomic E-state index is 0.356. The molecule has 45 heavy (non-hydrogen) atoms. The molecule has 0 aromatic heterocycles. The lowest BCUT2D eigenvalue weighted by atomic mass is 9.82. The van der Waals surface area contributed by atoms with Gasteiger partial charge in [0, 0.05) is 12.8 Å². The quantitative estimate of drug-likeness (QED) is 0.221. The molecular weight excluding hydrogens is 579 g/mol. The van der Waals surface area contributed by atoms with Gasteiger partial charge in [-0.05, 0) is 89.5 Å². The number of carbonyl (C=O) groups is 1. The van der Waals surface area contributed by atoms with Crippen molar-refractivity contribution in [1.29, 1.82) is 0 Å². The maximum Gasteiger partial charge on any atom is 0.134 e. The monoisotopic (exact) mass is 628 g/mol. The second kappa shape index (κ2) is 14.6. The van der Waals surface area contributed by atoms with Gasteiger partial charge >= 0.3 is 0 Å². The van der Waals surface area contributed by atoms with Crippen LogP contribution in [0.15, 0.2) is 54.6 Å². The lowest BCUT2D eigenvalue weighted by molar-refractivity contribution is -0.119. The molecule has 3 aliphatic rings.